The van der Waals surface area contributed by atoms with Crippen molar-refractivity contribution in [1.82, 2.24) is 9.55 Å². The summed E-state index contributed by atoms with van der Waals surface area (Å²) in [5.41, 5.74) is 1.45. The number of amides is 1. The molecule has 0 unspecified atom stereocenters. The van der Waals surface area contributed by atoms with Crippen LogP contribution in [-0.2, 0) is 16.1 Å². The van der Waals surface area contributed by atoms with Crippen LogP contribution in [0.3, 0.4) is 0 Å². The molecule has 9 heteroatoms. The fourth-order valence-electron chi connectivity index (χ4n) is 2.79. The second-order valence-corrected chi connectivity index (χ2v) is 7.80. The Bertz CT molecular complexity index is 1240. The molecule has 28 heavy (non-hydrogen) atoms. The minimum absolute atomic E-state index is 0.0805. The number of fused-ring (bicyclic) bond motifs is 2. The Morgan fingerprint density at radius 1 is 1.07 bits per heavy atom. The smallest absolute Gasteiger partial charge is 0.325 e. The van der Waals surface area contributed by atoms with Crippen molar-refractivity contribution >= 4 is 55.0 Å². The fraction of sp³-hybridized carbons (Fsp3) is 0.158. The molecular formula is C19H15N3O4S2. The molecule has 0 aliphatic heterocycles. The van der Waals surface area contributed by atoms with E-state index >= 15 is 0 Å². The fourth-order valence-corrected chi connectivity index (χ4v) is 4.68. The Morgan fingerprint density at radius 2 is 1.86 bits per heavy atom. The van der Waals surface area contributed by atoms with Crippen LogP contribution in [-0.4, -0.2) is 35.6 Å². The summed E-state index contributed by atoms with van der Waals surface area (Å²) < 4.78 is 13.6. The number of benzene rings is 2. The quantitative estimate of drug-likeness (QED) is 0.480. The molecule has 0 atom stereocenters. The lowest BCUT2D eigenvalue weighted by atomic mass is 10.3. The number of nitrogens with zero attached hydrogens (tertiary/aromatic N) is 3. The van der Waals surface area contributed by atoms with Crippen LogP contribution in [0.15, 0.2) is 47.5 Å². The number of rotatable bonds is 4. The van der Waals surface area contributed by atoms with E-state index in [1.54, 1.807) is 17.7 Å². The average Bonchev–Trinajstić information content (AvgIpc) is 3.29. The zero-order valence-electron chi connectivity index (χ0n) is 15.0. The van der Waals surface area contributed by atoms with Gasteiger partial charge in [0.25, 0.3) is 0 Å². The molecule has 142 valence electrons. The Balaban J connectivity index is 1.87. The summed E-state index contributed by atoms with van der Waals surface area (Å²) in [6.07, 6.45) is 0. The van der Waals surface area contributed by atoms with Crippen LogP contribution < -0.4 is 9.54 Å². The van der Waals surface area contributed by atoms with Crippen LogP contribution in [0, 0.1) is 0 Å². The lowest BCUT2D eigenvalue weighted by Gasteiger charge is -2.07. The van der Waals surface area contributed by atoms with E-state index in [-0.39, 0.29) is 6.54 Å². The van der Waals surface area contributed by atoms with Gasteiger partial charge in [0.05, 0.1) is 29.1 Å². The molecule has 7 nitrogen and oxygen atoms in total. The second-order valence-electron chi connectivity index (χ2n) is 5.76. The number of carbonyl (C=O) groups is 2. The first-order valence-corrected chi connectivity index (χ1v) is 9.92. The van der Waals surface area contributed by atoms with E-state index in [2.05, 4.69) is 9.98 Å². The van der Waals surface area contributed by atoms with Gasteiger partial charge >= 0.3 is 11.9 Å². The number of hydrogen-bond acceptors (Lipinski definition) is 7. The van der Waals surface area contributed by atoms with E-state index in [1.807, 2.05) is 36.4 Å². The van der Waals surface area contributed by atoms with E-state index in [4.69, 9.17) is 9.47 Å². The molecule has 0 saturated carbocycles. The number of carbonyl (C=O) groups excluding carboxylic acids is 2. The maximum Gasteiger partial charge on any atom is 0.325 e. The SMILES string of the molecule is COC(=O)Cn1c(=NC(=O)c2nc3ccccc3s2)sc2cccc(OC)c21. The molecule has 0 aliphatic rings. The number of aromatic nitrogens is 2. The van der Waals surface area contributed by atoms with Gasteiger partial charge in [-0.2, -0.15) is 4.99 Å². The second kappa shape index (κ2) is 7.53. The monoisotopic (exact) mass is 413 g/mol. The first-order valence-electron chi connectivity index (χ1n) is 8.28. The summed E-state index contributed by atoms with van der Waals surface area (Å²) in [7, 11) is 2.87. The molecule has 0 radical (unpaired) electrons. The Morgan fingerprint density at radius 3 is 2.61 bits per heavy atom. The van der Waals surface area contributed by atoms with Gasteiger partial charge in [-0.1, -0.05) is 29.5 Å². The predicted octanol–water partition coefficient (Wildman–Crippen LogP) is 3.24. The lowest BCUT2D eigenvalue weighted by molar-refractivity contribution is -0.141. The summed E-state index contributed by atoms with van der Waals surface area (Å²) in [6, 6.07) is 13.1. The van der Waals surface area contributed by atoms with Crippen molar-refractivity contribution in [2.24, 2.45) is 4.99 Å². The standard InChI is InChI=1S/C19H15N3O4S2/c1-25-12-7-5-9-14-16(12)22(10-15(23)26-2)19(28-14)21-17(24)18-20-11-6-3-4-8-13(11)27-18/h3-9H,10H2,1-2H3. The number of thiazole rings is 2. The highest BCUT2D eigenvalue weighted by molar-refractivity contribution is 7.20. The highest BCUT2D eigenvalue weighted by atomic mass is 32.1. The predicted molar refractivity (Wildman–Crippen MR) is 108 cm³/mol. The van der Waals surface area contributed by atoms with Crippen LogP contribution in [0.2, 0.25) is 0 Å². The number of para-hydroxylation sites is 2. The summed E-state index contributed by atoms with van der Waals surface area (Å²) in [5, 5.41) is 0.301. The third kappa shape index (κ3) is 3.30. The van der Waals surface area contributed by atoms with Crippen molar-refractivity contribution in [2.75, 3.05) is 14.2 Å². The third-order valence-corrected chi connectivity index (χ3v) is 6.14. The van der Waals surface area contributed by atoms with Crippen molar-refractivity contribution in [1.29, 1.82) is 0 Å². The molecule has 4 aromatic rings. The first-order chi connectivity index (χ1) is 13.6. The normalized spacial score (nSPS) is 11.9. The Labute approximate surface area is 167 Å². The van der Waals surface area contributed by atoms with Gasteiger partial charge in [0.15, 0.2) is 9.81 Å². The summed E-state index contributed by atoms with van der Waals surface area (Å²) in [4.78, 5) is 33.7. The van der Waals surface area contributed by atoms with E-state index in [9.17, 15) is 9.59 Å². The molecule has 0 N–H and O–H groups in total. The zero-order chi connectivity index (χ0) is 19.7. The number of hydrogen-bond donors (Lipinski definition) is 0. The van der Waals surface area contributed by atoms with E-state index in [1.165, 1.54) is 29.8 Å². The summed E-state index contributed by atoms with van der Waals surface area (Å²) in [5.74, 6) is -0.309. The van der Waals surface area contributed by atoms with Crippen LogP contribution in [0.1, 0.15) is 9.80 Å². The van der Waals surface area contributed by atoms with Gasteiger partial charge in [0.2, 0.25) is 0 Å². The minimum atomic E-state index is -0.453. The molecular weight excluding hydrogens is 398 g/mol. The number of ether oxygens (including phenoxy) is 2. The molecule has 0 fully saturated rings. The van der Waals surface area contributed by atoms with Gasteiger partial charge in [-0.15, -0.1) is 11.3 Å². The van der Waals surface area contributed by atoms with Gasteiger partial charge in [0, 0.05) is 0 Å². The molecule has 4 rings (SSSR count). The van der Waals surface area contributed by atoms with E-state index in [0.29, 0.717) is 21.1 Å². The Kier molecular flexibility index (Phi) is 4.93. The van der Waals surface area contributed by atoms with Crippen molar-refractivity contribution in [3.8, 4) is 5.75 Å². The first kappa shape index (κ1) is 18.3. The van der Waals surface area contributed by atoms with Gasteiger partial charge in [-0.25, -0.2) is 4.98 Å². The lowest BCUT2D eigenvalue weighted by Crippen LogP contribution is -2.22. The molecule has 0 saturated heterocycles. The minimum Gasteiger partial charge on any atom is -0.495 e. The van der Waals surface area contributed by atoms with Gasteiger partial charge < -0.3 is 14.0 Å². The van der Waals surface area contributed by atoms with Gasteiger partial charge in [0.1, 0.15) is 17.8 Å². The molecule has 0 spiro atoms. The summed E-state index contributed by atoms with van der Waals surface area (Å²) in [6.45, 7) is -0.0805. The third-order valence-electron chi connectivity index (χ3n) is 4.07. The van der Waals surface area contributed by atoms with Crippen molar-refractivity contribution in [2.45, 2.75) is 6.54 Å². The largest absolute Gasteiger partial charge is 0.495 e. The molecule has 2 aromatic heterocycles. The molecule has 0 aliphatic carbocycles. The van der Waals surface area contributed by atoms with Gasteiger partial charge in [-0.05, 0) is 24.3 Å². The molecule has 2 aromatic carbocycles. The highest BCUT2D eigenvalue weighted by Gasteiger charge is 2.17. The van der Waals surface area contributed by atoms with Crippen LogP contribution in [0.5, 0.6) is 5.75 Å². The van der Waals surface area contributed by atoms with Crippen molar-refractivity contribution in [3.05, 3.63) is 52.3 Å². The topological polar surface area (TPSA) is 82.8 Å². The molecule has 1 amide bonds. The molecule has 2 heterocycles. The number of methoxy groups -OCH3 is 2. The van der Waals surface area contributed by atoms with Crippen LogP contribution in [0.25, 0.3) is 20.4 Å². The maximum absolute atomic E-state index is 12.7. The van der Waals surface area contributed by atoms with Crippen LogP contribution >= 0.6 is 22.7 Å². The average molecular weight is 413 g/mol. The Hall–Kier alpha value is -3.04. The number of esters is 1. The van der Waals surface area contributed by atoms with Gasteiger partial charge in [-0.3, -0.25) is 9.59 Å². The molecule has 0 bridgehead atoms. The van der Waals surface area contributed by atoms with Crippen LogP contribution in [0.4, 0.5) is 0 Å². The van der Waals surface area contributed by atoms with E-state index in [0.717, 1.165) is 14.9 Å². The van der Waals surface area contributed by atoms with Crippen molar-refractivity contribution in [3.63, 3.8) is 0 Å². The maximum atomic E-state index is 12.7. The summed E-state index contributed by atoms with van der Waals surface area (Å²) >= 11 is 2.59. The van der Waals surface area contributed by atoms with Crippen molar-refractivity contribution < 1.29 is 19.1 Å². The zero-order valence-corrected chi connectivity index (χ0v) is 16.7. The van der Waals surface area contributed by atoms with E-state index < -0.39 is 11.9 Å². The highest BCUT2D eigenvalue weighted by Crippen LogP contribution is 2.27.